The van der Waals surface area contributed by atoms with E-state index in [-0.39, 0.29) is 5.91 Å². The van der Waals surface area contributed by atoms with Crippen molar-refractivity contribution in [2.24, 2.45) is 5.73 Å². The summed E-state index contributed by atoms with van der Waals surface area (Å²) in [4.78, 5) is 14.1. The number of aromatic amines is 1. The number of nitrogens with one attached hydrogen (secondary N) is 1. The normalized spacial score (nSPS) is 10.4. The molecule has 1 amide bonds. The van der Waals surface area contributed by atoms with Crippen molar-refractivity contribution in [2.75, 3.05) is 6.54 Å². The van der Waals surface area contributed by atoms with E-state index in [1.165, 1.54) is 0 Å². The predicted molar refractivity (Wildman–Crippen MR) is 73.3 cm³/mol. The summed E-state index contributed by atoms with van der Waals surface area (Å²) in [5, 5.41) is 6.47. The van der Waals surface area contributed by atoms with E-state index in [1.807, 2.05) is 31.2 Å². The van der Waals surface area contributed by atoms with Gasteiger partial charge in [-0.2, -0.15) is 5.10 Å². The Bertz CT molecular complexity index is 536. The van der Waals surface area contributed by atoms with Crippen LogP contribution in [0.5, 0.6) is 0 Å². The fraction of sp³-hybridized carbons (Fsp3) is 0.286. The highest BCUT2D eigenvalue weighted by atomic mass is 16.2. The molecule has 5 nitrogen and oxygen atoms in total. The topological polar surface area (TPSA) is 75.0 Å². The Kier molecular flexibility index (Phi) is 4.30. The average molecular weight is 258 g/mol. The molecule has 2 aromatic rings. The van der Waals surface area contributed by atoms with Crippen LogP contribution in [0.15, 0.2) is 36.7 Å². The highest BCUT2D eigenvalue weighted by Crippen LogP contribution is 2.13. The minimum atomic E-state index is -0.0249. The summed E-state index contributed by atoms with van der Waals surface area (Å²) in [6.45, 7) is 3.65. The van der Waals surface area contributed by atoms with E-state index in [0.717, 1.165) is 11.1 Å². The van der Waals surface area contributed by atoms with Gasteiger partial charge in [0.2, 0.25) is 0 Å². The molecule has 0 unspecified atom stereocenters. The molecule has 0 aliphatic carbocycles. The lowest BCUT2D eigenvalue weighted by Gasteiger charge is -2.21. The number of nitrogens with zero attached hydrogens (tertiary/aromatic N) is 2. The van der Waals surface area contributed by atoms with Crippen LogP contribution in [0.1, 0.15) is 28.4 Å². The first-order valence-corrected chi connectivity index (χ1v) is 6.31. The van der Waals surface area contributed by atoms with Crippen LogP contribution in [0.25, 0.3) is 0 Å². The van der Waals surface area contributed by atoms with Gasteiger partial charge in [0, 0.05) is 25.8 Å². The average Bonchev–Trinajstić information content (AvgIpc) is 2.98. The second-order valence-corrected chi connectivity index (χ2v) is 4.28. The van der Waals surface area contributed by atoms with Crippen molar-refractivity contribution in [1.82, 2.24) is 15.1 Å². The van der Waals surface area contributed by atoms with Crippen molar-refractivity contribution in [3.63, 3.8) is 0 Å². The highest BCUT2D eigenvalue weighted by Gasteiger charge is 2.16. The van der Waals surface area contributed by atoms with Gasteiger partial charge in [0.05, 0.1) is 11.8 Å². The molecule has 1 heterocycles. The number of aromatic nitrogens is 2. The third kappa shape index (κ3) is 3.00. The Morgan fingerprint density at radius 1 is 1.37 bits per heavy atom. The number of H-pyrrole nitrogens is 1. The zero-order valence-electron chi connectivity index (χ0n) is 11.0. The number of benzene rings is 1. The largest absolute Gasteiger partial charge is 0.334 e. The van der Waals surface area contributed by atoms with Crippen LogP contribution < -0.4 is 5.73 Å². The standard InChI is InChI=1S/C14H18N4O/c1-2-18(14(19)13-8-16-17-9-13)10-12-6-4-3-5-11(12)7-15/h3-6,8-9H,2,7,10,15H2,1H3,(H,16,17). The number of carbonyl (C=O) groups is 1. The zero-order valence-corrected chi connectivity index (χ0v) is 11.0. The molecule has 0 aliphatic rings. The van der Waals surface area contributed by atoms with Crippen LogP contribution in [-0.4, -0.2) is 27.5 Å². The molecule has 1 aromatic heterocycles. The van der Waals surface area contributed by atoms with Crippen LogP contribution in [-0.2, 0) is 13.1 Å². The molecule has 0 saturated carbocycles. The van der Waals surface area contributed by atoms with Gasteiger partial charge in [-0.3, -0.25) is 9.89 Å². The van der Waals surface area contributed by atoms with Crippen LogP contribution in [0.3, 0.4) is 0 Å². The van der Waals surface area contributed by atoms with Crippen LogP contribution >= 0.6 is 0 Å². The van der Waals surface area contributed by atoms with Crippen molar-refractivity contribution in [1.29, 1.82) is 0 Å². The van der Waals surface area contributed by atoms with Gasteiger partial charge in [-0.15, -0.1) is 0 Å². The number of hydrogen-bond acceptors (Lipinski definition) is 3. The van der Waals surface area contributed by atoms with E-state index in [1.54, 1.807) is 17.3 Å². The highest BCUT2D eigenvalue weighted by molar-refractivity contribution is 5.93. The Morgan fingerprint density at radius 3 is 2.68 bits per heavy atom. The molecule has 2 rings (SSSR count). The number of hydrogen-bond donors (Lipinski definition) is 2. The van der Waals surface area contributed by atoms with Gasteiger partial charge in [-0.05, 0) is 18.1 Å². The smallest absolute Gasteiger partial charge is 0.257 e. The van der Waals surface area contributed by atoms with E-state index >= 15 is 0 Å². The Morgan fingerprint density at radius 2 is 2.11 bits per heavy atom. The second kappa shape index (κ2) is 6.15. The minimum Gasteiger partial charge on any atom is -0.334 e. The SMILES string of the molecule is CCN(Cc1ccccc1CN)C(=O)c1cn[nH]c1. The van der Waals surface area contributed by atoms with E-state index in [9.17, 15) is 4.79 Å². The van der Waals surface area contributed by atoms with Gasteiger partial charge < -0.3 is 10.6 Å². The van der Waals surface area contributed by atoms with E-state index in [2.05, 4.69) is 10.2 Å². The fourth-order valence-corrected chi connectivity index (χ4v) is 1.99. The minimum absolute atomic E-state index is 0.0249. The van der Waals surface area contributed by atoms with Gasteiger partial charge in [0.1, 0.15) is 0 Å². The molecule has 19 heavy (non-hydrogen) atoms. The second-order valence-electron chi connectivity index (χ2n) is 4.28. The van der Waals surface area contributed by atoms with Gasteiger partial charge >= 0.3 is 0 Å². The van der Waals surface area contributed by atoms with Crippen LogP contribution in [0.4, 0.5) is 0 Å². The summed E-state index contributed by atoms with van der Waals surface area (Å²) in [6, 6.07) is 7.92. The van der Waals surface area contributed by atoms with Crippen LogP contribution in [0, 0.1) is 0 Å². The third-order valence-electron chi connectivity index (χ3n) is 3.11. The first-order chi connectivity index (χ1) is 9.26. The summed E-state index contributed by atoms with van der Waals surface area (Å²) >= 11 is 0. The third-order valence-corrected chi connectivity index (χ3v) is 3.11. The lowest BCUT2D eigenvalue weighted by molar-refractivity contribution is 0.0752. The molecule has 0 bridgehead atoms. The Hall–Kier alpha value is -2.14. The Balaban J connectivity index is 2.17. The summed E-state index contributed by atoms with van der Waals surface area (Å²) in [6.07, 6.45) is 3.15. The van der Waals surface area contributed by atoms with Crippen molar-refractivity contribution >= 4 is 5.91 Å². The van der Waals surface area contributed by atoms with Gasteiger partial charge in [-0.1, -0.05) is 24.3 Å². The first-order valence-electron chi connectivity index (χ1n) is 6.31. The van der Waals surface area contributed by atoms with Crippen molar-refractivity contribution in [2.45, 2.75) is 20.0 Å². The van der Waals surface area contributed by atoms with Crippen LogP contribution in [0.2, 0.25) is 0 Å². The molecular formula is C14H18N4O. The lowest BCUT2D eigenvalue weighted by Crippen LogP contribution is -2.30. The van der Waals surface area contributed by atoms with Crippen molar-refractivity contribution in [3.05, 3.63) is 53.3 Å². The van der Waals surface area contributed by atoms with Gasteiger partial charge in [-0.25, -0.2) is 0 Å². The molecule has 0 spiro atoms. The van der Waals surface area contributed by atoms with Gasteiger partial charge in [0.25, 0.3) is 5.91 Å². The quantitative estimate of drug-likeness (QED) is 0.854. The molecule has 0 atom stereocenters. The molecule has 0 saturated heterocycles. The molecule has 0 fully saturated rings. The van der Waals surface area contributed by atoms with E-state index in [4.69, 9.17) is 5.73 Å². The maximum absolute atomic E-state index is 12.3. The fourth-order valence-electron chi connectivity index (χ4n) is 1.99. The van der Waals surface area contributed by atoms with Gasteiger partial charge in [0.15, 0.2) is 0 Å². The lowest BCUT2D eigenvalue weighted by atomic mass is 10.1. The molecular weight excluding hydrogens is 240 g/mol. The Labute approximate surface area is 112 Å². The molecule has 0 aliphatic heterocycles. The summed E-state index contributed by atoms with van der Waals surface area (Å²) in [5.41, 5.74) is 8.45. The summed E-state index contributed by atoms with van der Waals surface area (Å²) < 4.78 is 0. The maximum Gasteiger partial charge on any atom is 0.257 e. The van der Waals surface area contributed by atoms with Crippen molar-refractivity contribution < 1.29 is 4.79 Å². The first kappa shape index (κ1) is 13.3. The maximum atomic E-state index is 12.3. The molecule has 0 radical (unpaired) electrons. The molecule has 1 aromatic carbocycles. The molecule has 100 valence electrons. The molecule has 3 N–H and O–H groups in total. The molecule has 5 heteroatoms. The number of carbonyl (C=O) groups excluding carboxylic acids is 1. The van der Waals surface area contributed by atoms with Crippen molar-refractivity contribution in [3.8, 4) is 0 Å². The summed E-state index contributed by atoms with van der Waals surface area (Å²) in [7, 11) is 0. The summed E-state index contributed by atoms with van der Waals surface area (Å²) in [5.74, 6) is -0.0249. The monoisotopic (exact) mass is 258 g/mol. The number of amides is 1. The van der Waals surface area contributed by atoms with E-state index < -0.39 is 0 Å². The number of rotatable bonds is 5. The zero-order chi connectivity index (χ0) is 13.7. The van der Waals surface area contributed by atoms with E-state index in [0.29, 0.717) is 25.2 Å². The number of nitrogens with two attached hydrogens (primary N) is 1. The predicted octanol–water partition coefficient (Wildman–Crippen LogP) is 1.53.